The predicted molar refractivity (Wildman–Crippen MR) is 95.1 cm³/mol. The number of fused-ring (bicyclic) bond motifs is 1. The monoisotopic (exact) mass is 381 g/mol. The van der Waals surface area contributed by atoms with Gasteiger partial charge < -0.3 is 16.0 Å². The van der Waals surface area contributed by atoms with E-state index in [1.165, 1.54) is 0 Å². The van der Waals surface area contributed by atoms with Crippen molar-refractivity contribution in [2.45, 2.75) is 18.6 Å². The SMILES string of the molecule is NC(Cc1c[nH]c2ccccc12)C(=O)Nc1cc(C(F)(F)F)ccc1Cl. The van der Waals surface area contributed by atoms with E-state index in [9.17, 15) is 18.0 Å². The summed E-state index contributed by atoms with van der Waals surface area (Å²) in [5.74, 6) is -0.614. The average Bonchev–Trinajstić information content (AvgIpc) is 2.99. The molecule has 26 heavy (non-hydrogen) atoms. The number of carbonyl (C=O) groups excluding carboxylic acids is 1. The van der Waals surface area contributed by atoms with Crippen molar-refractivity contribution in [2.24, 2.45) is 5.73 Å². The zero-order valence-electron chi connectivity index (χ0n) is 13.4. The standard InChI is InChI=1S/C18H15ClF3N3O/c19-13-6-5-11(18(20,21)22)8-16(13)25-17(26)14(23)7-10-9-24-15-4-2-1-3-12(10)15/h1-6,8-9,14,24H,7,23H2,(H,25,26). The van der Waals surface area contributed by atoms with Crippen LogP contribution in [0.15, 0.2) is 48.7 Å². The summed E-state index contributed by atoms with van der Waals surface area (Å²) in [7, 11) is 0. The maximum Gasteiger partial charge on any atom is 0.416 e. The molecule has 2 aromatic carbocycles. The van der Waals surface area contributed by atoms with Gasteiger partial charge in [0.15, 0.2) is 0 Å². The van der Waals surface area contributed by atoms with Gasteiger partial charge >= 0.3 is 6.18 Å². The Morgan fingerprint density at radius 2 is 1.96 bits per heavy atom. The van der Waals surface area contributed by atoms with Gasteiger partial charge in [-0.15, -0.1) is 0 Å². The Morgan fingerprint density at radius 3 is 2.69 bits per heavy atom. The molecule has 3 aromatic rings. The van der Waals surface area contributed by atoms with E-state index in [4.69, 9.17) is 17.3 Å². The van der Waals surface area contributed by atoms with Crippen molar-refractivity contribution >= 4 is 34.1 Å². The molecule has 0 saturated carbocycles. The van der Waals surface area contributed by atoms with Crippen molar-refractivity contribution in [3.8, 4) is 0 Å². The molecule has 8 heteroatoms. The molecule has 0 spiro atoms. The van der Waals surface area contributed by atoms with Gasteiger partial charge in [0, 0.05) is 17.1 Å². The number of amides is 1. The van der Waals surface area contributed by atoms with E-state index in [2.05, 4.69) is 10.3 Å². The molecule has 0 bridgehead atoms. The van der Waals surface area contributed by atoms with E-state index < -0.39 is 23.7 Å². The van der Waals surface area contributed by atoms with Gasteiger partial charge in [-0.05, 0) is 36.2 Å². The molecule has 1 aromatic heterocycles. The lowest BCUT2D eigenvalue weighted by atomic mass is 10.0. The summed E-state index contributed by atoms with van der Waals surface area (Å²) in [6.45, 7) is 0. The third kappa shape index (κ3) is 3.84. The number of rotatable bonds is 4. The van der Waals surface area contributed by atoms with Gasteiger partial charge in [-0.2, -0.15) is 13.2 Å². The average molecular weight is 382 g/mol. The first-order chi connectivity index (χ1) is 12.3. The molecule has 1 amide bonds. The quantitative estimate of drug-likeness (QED) is 0.628. The highest BCUT2D eigenvalue weighted by Crippen LogP contribution is 2.33. The minimum Gasteiger partial charge on any atom is -0.361 e. The topological polar surface area (TPSA) is 70.9 Å². The molecule has 136 valence electrons. The van der Waals surface area contributed by atoms with Gasteiger partial charge in [0.25, 0.3) is 0 Å². The molecule has 4 nitrogen and oxygen atoms in total. The first-order valence-electron chi connectivity index (χ1n) is 7.74. The normalized spacial score (nSPS) is 13.0. The number of carbonyl (C=O) groups is 1. The third-order valence-corrected chi connectivity index (χ3v) is 4.33. The molecular formula is C18H15ClF3N3O. The Morgan fingerprint density at radius 1 is 1.23 bits per heavy atom. The van der Waals surface area contributed by atoms with Crippen molar-refractivity contribution in [2.75, 3.05) is 5.32 Å². The highest BCUT2D eigenvalue weighted by atomic mass is 35.5. The van der Waals surface area contributed by atoms with Crippen LogP contribution >= 0.6 is 11.6 Å². The number of para-hydroxylation sites is 1. The fraction of sp³-hybridized carbons (Fsp3) is 0.167. The molecule has 3 rings (SSSR count). The number of hydrogen-bond acceptors (Lipinski definition) is 2. The summed E-state index contributed by atoms with van der Waals surface area (Å²) in [6, 6.07) is 9.33. The number of benzene rings is 2. The first-order valence-corrected chi connectivity index (χ1v) is 8.11. The number of hydrogen-bond donors (Lipinski definition) is 3. The van der Waals surface area contributed by atoms with Crippen molar-refractivity contribution in [1.29, 1.82) is 0 Å². The number of aromatic amines is 1. The smallest absolute Gasteiger partial charge is 0.361 e. The molecule has 0 aliphatic heterocycles. The van der Waals surface area contributed by atoms with Crippen LogP contribution in [-0.4, -0.2) is 16.9 Å². The van der Waals surface area contributed by atoms with Gasteiger partial charge in [-0.1, -0.05) is 29.8 Å². The highest BCUT2D eigenvalue weighted by Gasteiger charge is 2.31. The van der Waals surface area contributed by atoms with Crippen LogP contribution in [0.25, 0.3) is 10.9 Å². The fourth-order valence-electron chi connectivity index (χ4n) is 2.65. The summed E-state index contributed by atoms with van der Waals surface area (Å²) in [4.78, 5) is 15.4. The summed E-state index contributed by atoms with van der Waals surface area (Å²) < 4.78 is 38.4. The summed E-state index contributed by atoms with van der Waals surface area (Å²) in [5, 5.41) is 3.32. The van der Waals surface area contributed by atoms with Gasteiger partial charge in [-0.25, -0.2) is 0 Å². The molecule has 0 saturated heterocycles. The van der Waals surface area contributed by atoms with Crippen LogP contribution in [0.4, 0.5) is 18.9 Å². The number of nitrogens with two attached hydrogens (primary N) is 1. The molecule has 1 atom stereocenters. The second-order valence-corrected chi connectivity index (χ2v) is 6.26. The van der Waals surface area contributed by atoms with Gasteiger partial charge in [0.1, 0.15) is 0 Å². The lowest BCUT2D eigenvalue weighted by Crippen LogP contribution is -2.37. The molecular weight excluding hydrogens is 367 g/mol. The molecule has 1 heterocycles. The summed E-state index contributed by atoms with van der Waals surface area (Å²) >= 11 is 5.89. The molecule has 0 aliphatic carbocycles. The minimum atomic E-state index is -4.53. The number of anilines is 1. The number of aromatic nitrogens is 1. The van der Waals surface area contributed by atoms with Crippen LogP contribution in [0.1, 0.15) is 11.1 Å². The third-order valence-electron chi connectivity index (χ3n) is 4.00. The fourth-order valence-corrected chi connectivity index (χ4v) is 2.82. The van der Waals surface area contributed by atoms with Crippen LogP contribution in [0.5, 0.6) is 0 Å². The van der Waals surface area contributed by atoms with Crippen LogP contribution in [-0.2, 0) is 17.4 Å². The van der Waals surface area contributed by atoms with Crippen LogP contribution in [0.2, 0.25) is 5.02 Å². The molecule has 1 unspecified atom stereocenters. The van der Waals surface area contributed by atoms with E-state index in [0.717, 1.165) is 34.7 Å². The first kappa shape index (κ1) is 18.3. The zero-order chi connectivity index (χ0) is 18.9. The zero-order valence-corrected chi connectivity index (χ0v) is 14.2. The van der Waals surface area contributed by atoms with Crippen molar-refractivity contribution in [3.63, 3.8) is 0 Å². The van der Waals surface area contributed by atoms with E-state index in [1.54, 1.807) is 6.20 Å². The molecule has 4 N–H and O–H groups in total. The largest absolute Gasteiger partial charge is 0.416 e. The lowest BCUT2D eigenvalue weighted by molar-refractivity contribution is -0.137. The van der Waals surface area contributed by atoms with E-state index in [1.807, 2.05) is 24.3 Å². The van der Waals surface area contributed by atoms with Gasteiger partial charge in [-0.3, -0.25) is 4.79 Å². The minimum absolute atomic E-state index is 0.00523. The Hall–Kier alpha value is -2.51. The second kappa shape index (κ2) is 7.01. The Kier molecular flexibility index (Phi) is 4.93. The molecule has 0 aliphatic rings. The highest BCUT2D eigenvalue weighted by molar-refractivity contribution is 6.33. The lowest BCUT2D eigenvalue weighted by Gasteiger charge is -2.15. The van der Waals surface area contributed by atoms with Crippen molar-refractivity contribution in [3.05, 3.63) is 64.8 Å². The van der Waals surface area contributed by atoms with Crippen molar-refractivity contribution < 1.29 is 18.0 Å². The number of halogens is 4. The second-order valence-electron chi connectivity index (χ2n) is 5.85. The Labute approximate surface area is 152 Å². The van der Waals surface area contributed by atoms with E-state index in [0.29, 0.717) is 0 Å². The molecule has 0 radical (unpaired) electrons. The summed E-state index contributed by atoms with van der Waals surface area (Å²) in [5.41, 5.74) is 6.66. The van der Waals surface area contributed by atoms with Crippen LogP contribution < -0.4 is 11.1 Å². The summed E-state index contributed by atoms with van der Waals surface area (Å²) in [6.07, 6.45) is -2.54. The van der Waals surface area contributed by atoms with Crippen LogP contribution in [0.3, 0.4) is 0 Å². The molecule has 0 fully saturated rings. The van der Waals surface area contributed by atoms with Crippen molar-refractivity contribution in [1.82, 2.24) is 4.98 Å². The van der Waals surface area contributed by atoms with E-state index >= 15 is 0 Å². The Bertz CT molecular complexity index is 952. The number of alkyl halides is 3. The maximum absolute atomic E-state index is 12.8. The van der Waals surface area contributed by atoms with E-state index in [-0.39, 0.29) is 17.1 Å². The Balaban J connectivity index is 1.75. The maximum atomic E-state index is 12.8. The number of H-pyrrole nitrogens is 1. The van der Waals surface area contributed by atoms with Gasteiger partial charge in [0.05, 0.1) is 22.3 Å². The van der Waals surface area contributed by atoms with Crippen LogP contribution in [0, 0.1) is 0 Å². The number of nitrogens with one attached hydrogen (secondary N) is 2. The van der Waals surface area contributed by atoms with Gasteiger partial charge in [0.2, 0.25) is 5.91 Å². The predicted octanol–water partition coefficient (Wildman–Crippen LogP) is 4.35.